The Morgan fingerprint density at radius 1 is 1.17 bits per heavy atom. The van der Waals surface area contributed by atoms with Gasteiger partial charge in [-0.15, -0.1) is 11.3 Å². The van der Waals surface area contributed by atoms with E-state index in [0.29, 0.717) is 5.69 Å². The van der Waals surface area contributed by atoms with E-state index in [1.54, 1.807) is 36.4 Å². The largest absolute Gasteiger partial charge is 0.490 e. The zero-order chi connectivity index (χ0) is 17.2. The molecule has 130 valence electrons. The number of nitrogens with zero attached hydrogens (tertiary/aromatic N) is 1. The fraction of sp³-hybridized carbons (Fsp3) is 0.375. The van der Waals surface area contributed by atoms with Crippen LogP contribution in [0.2, 0.25) is 0 Å². The average molecular weight is 431 g/mol. The molecule has 1 aliphatic heterocycles. The summed E-state index contributed by atoms with van der Waals surface area (Å²) in [7, 11) is -1.43. The SMILES string of the molecule is CN1CCC(Oc2ccc(NS(=O)(=O)c3ccc(Br)s3)cc2)CC1. The average Bonchev–Trinajstić information content (AvgIpc) is 2.99. The zero-order valence-corrected chi connectivity index (χ0v) is 16.5. The quantitative estimate of drug-likeness (QED) is 0.783. The lowest BCUT2D eigenvalue weighted by Gasteiger charge is -2.29. The van der Waals surface area contributed by atoms with Crippen LogP contribution in [0.1, 0.15) is 12.8 Å². The van der Waals surface area contributed by atoms with Crippen molar-refractivity contribution >= 4 is 43.0 Å². The minimum atomic E-state index is -3.55. The number of hydrogen-bond acceptors (Lipinski definition) is 5. The first-order valence-corrected chi connectivity index (χ1v) is 10.7. The van der Waals surface area contributed by atoms with Crippen LogP contribution in [0, 0.1) is 0 Å². The number of piperidine rings is 1. The van der Waals surface area contributed by atoms with E-state index in [1.165, 1.54) is 11.3 Å². The van der Waals surface area contributed by atoms with Gasteiger partial charge in [-0.2, -0.15) is 0 Å². The highest BCUT2D eigenvalue weighted by Gasteiger charge is 2.19. The summed E-state index contributed by atoms with van der Waals surface area (Å²) >= 11 is 4.46. The van der Waals surface area contributed by atoms with Crippen molar-refractivity contribution in [3.05, 3.63) is 40.2 Å². The second-order valence-electron chi connectivity index (χ2n) is 5.81. The minimum absolute atomic E-state index is 0.229. The number of halogens is 1. The van der Waals surface area contributed by atoms with Crippen LogP contribution in [0.15, 0.2) is 44.4 Å². The van der Waals surface area contributed by atoms with Gasteiger partial charge in [-0.3, -0.25) is 4.72 Å². The van der Waals surface area contributed by atoms with Gasteiger partial charge in [0.1, 0.15) is 16.1 Å². The molecule has 1 fully saturated rings. The third-order valence-corrected chi connectivity index (χ3v) is 7.39. The van der Waals surface area contributed by atoms with Crippen LogP contribution in [-0.2, 0) is 10.0 Å². The van der Waals surface area contributed by atoms with Crippen molar-refractivity contribution < 1.29 is 13.2 Å². The van der Waals surface area contributed by atoms with Crippen LogP contribution in [0.25, 0.3) is 0 Å². The number of sulfonamides is 1. The van der Waals surface area contributed by atoms with E-state index in [-0.39, 0.29) is 10.3 Å². The van der Waals surface area contributed by atoms with Crippen LogP contribution in [0.5, 0.6) is 5.75 Å². The van der Waals surface area contributed by atoms with Gasteiger partial charge in [0.2, 0.25) is 0 Å². The highest BCUT2D eigenvalue weighted by atomic mass is 79.9. The molecule has 1 N–H and O–H groups in total. The van der Waals surface area contributed by atoms with Gasteiger partial charge in [0.15, 0.2) is 0 Å². The molecule has 0 atom stereocenters. The molecule has 2 aromatic rings. The van der Waals surface area contributed by atoms with E-state index in [2.05, 4.69) is 32.6 Å². The smallest absolute Gasteiger partial charge is 0.271 e. The standard InChI is InChI=1S/C16H19BrN2O3S2/c1-19-10-8-14(9-11-19)22-13-4-2-12(3-5-13)18-24(20,21)16-7-6-15(17)23-16/h2-7,14,18H,8-11H2,1H3. The van der Waals surface area contributed by atoms with Crippen molar-refractivity contribution in [3.8, 4) is 5.75 Å². The number of thiophene rings is 1. The van der Waals surface area contributed by atoms with E-state index in [4.69, 9.17) is 4.74 Å². The summed E-state index contributed by atoms with van der Waals surface area (Å²) in [5.41, 5.74) is 0.523. The monoisotopic (exact) mass is 430 g/mol. The summed E-state index contributed by atoms with van der Waals surface area (Å²) < 4.78 is 34.2. The van der Waals surface area contributed by atoms with Crippen molar-refractivity contribution in [1.82, 2.24) is 4.90 Å². The van der Waals surface area contributed by atoms with Crippen molar-refractivity contribution in [3.63, 3.8) is 0 Å². The molecule has 8 heteroatoms. The topological polar surface area (TPSA) is 58.6 Å². The molecule has 0 amide bonds. The Bertz CT molecular complexity index is 782. The van der Waals surface area contributed by atoms with Crippen molar-refractivity contribution in [2.45, 2.75) is 23.2 Å². The van der Waals surface area contributed by atoms with Gasteiger partial charge in [-0.25, -0.2) is 8.42 Å². The lowest BCUT2D eigenvalue weighted by molar-refractivity contribution is 0.114. The fourth-order valence-corrected chi connectivity index (χ4v) is 5.61. The first kappa shape index (κ1) is 17.7. The van der Waals surface area contributed by atoms with Crippen LogP contribution < -0.4 is 9.46 Å². The molecule has 0 spiro atoms. The zero-order valence-electron chi connectivity index (χ0n) is 13.2. The molecule has 0 radical (unpaired) electrons. The molecule has 0 saturated carbocycles. The summed E-state index contributed by atoms with van der Waals surface area (Å²) in [5.74, 6) is 0.770. The number of likely N-dealkylation sites (tertiary alicyclic amines) is 1. The molecule has 1 aliphatic rings. The molecular formula is C16H19BrN2O3S2. The number of rotatable bonds is 5. The predicted molar refractivity (Wildman–Crippen MR) is 100 cm³/mol. The lowest BCUT2D eigenvalue weighted by Crippen LogP contribution is -2.35. The maximum absolute atomic E-state index is 12.3. The summed E-state index contributed by atoms with van der Waals surface area (Å²) in [6.45, 7) is 2.08. The minimum Gasteiger partial charge on any atom is -0.490 e. The first-order chi connectivity index (χ1) is 11.4. The number of anilines is 1. The molecule has 3 rings (SSSR count). The van der Waals surface area contributed by atoms with E-state index >= 15 is 0 Å². The predicted octanol–water partition coefficient (Wildman–Crippen LogP) is 3.78. The first-order valence-electron chi connectivity index (χ1n) is 7.66. The second kappa shape index (κ2) is 7.43. The fourth-order valence-electron chi connectivity index (χ4n) is 2.54. The molecule has 24 heavy (non-hydrogen) atoms. The molecule has 0 unspecified atom stereocenters. The van der Waals surface area contributed by atoms with Gasteiger partial charge in [0, 0.05) is 18.8 Å². The summed E-state index contributed by atoms with van der Waals surface area (Å²) in [5, 5.41) is 0. The van der Waals surface area contributed by atoms with Gasteiger partial charge >= 0.3 is 0 Å². The highest BCUT2D eigenvalue weighted by molar-refractivity contribution is 9.11. The molecule has 1 aromatic carbocycles. The van der Waals surface area contributed by atoms with Gasteiger partial charge < -0.3 is 9.64 Å². The second-order valence-corrected chi connectivity index (χ2v) is 10.2. The molecular weight excluding hydrogens is 412 g/mol. The Labute approximate surface area is 154 Å². The van der Waals surface area contributed by atoms with E-state index in [0.717, 1.165) is 35.5 Å². The Kier molecular flexibility index (Phi) is 5.49. The Morgan fingerprint density at radius 3 is 2.42 bits per heavy atom. The summed E-state index contributed by atoms with van der Waals surface area (Å²) in [4.78, 5) is 2.29. The summed E-state index contributed by atoms with van der Waals surface area (Å²) in [6, 6.07) is 10.4. The lowest BCUT2D eigenvalue weighted by atomic mass is 10.1. The maximum Gasteiger partial charge on any atom is 0.271 e. The van der Waals surface area contributed by atoms with Gasteiger partial charge in [-0.05, 0) is 72.2 Å². The molecule has 2 heterocycles. The molecule has 0 aliphatic carbocycles. The van der Waals surface area contributed by atoms with Gasteiger partial charge in [0.05, 0.1) is 3.79 Å². The summed E-state index contributed by atoms with van der Waals surface area (Å²) in [6.07, 6.45) is 2.25. The van der Waals surface area contributed by atoms with Gasteiger partial charge in [-0.1, -0.05) is 0 Å². The Balaban J connectivity index is 1.62. The van der Waals surface area contributed by atoms with Crippen molar-refractivity contribution in [2.75, 3.05) is 24.9 Å². The third-order valence-electron chi connectivity index (χ3n) is 3.89. The van der Waals surface area contributed by atoms with Crippen LogP contribution in [0.3, 0.4) is 0 Å². The van der Waals surface area contributed by atoms with Gasteiger partial charge in [0.25, 0.3) is 10.0 Å². The molecule has 5 nitrogen and oxygen atoms in total. The van der Waals surface area contributed by atoms with Crippen LogP contribution in [-0.4, -0.2) is 39.6 Å². The van der Waals surface area contributed by atoms with Crippen molar-refractivity contribution in [2.24, 2.45) is 0 Å². The maximum atomic E-state index is 12.3. The van der Waals surface area contributed by atoms with Crippen molar-refractivity contribution in [1.29, 1.82) is 0 Å². The number of ether oxygens (including phenoxy) is 1. The van der Waals surface area contributed by atoms with E-state index in [1.807, 2.05) is 0 Å². The molecule has 1 aromatic heterocycles. The number of hydrogen-bond donors (Lipinski definition) is 1. The Morgan fingerprint density at radius 2 is 1.83 bits per heavy atom. The van der Waals surface area contributed by atoms with E-state index < -0.39 is 10.0 Å². The van der Waals surface area contributed by atoms with Crippen LogP contribution >= 0.6 is 27.3 Å². The highest BCUT2D eigenvalue weighted by Crippen LogP contribution is 2.28. The normalized spacial score (nSPS) is 16.9. The number of nitrogens with one attached hydrogen (secondary N) is 1. The number of benzene rings is 1. The Hall–Kier alpha value is -1.09. The molecule has 1 saturated heterocycles. The van der Waals surface area contributed by atoms with Crippen LogP contribution in [0.4, 0.5) is 5.69 Å². The molecule has 0 bridgehead atoms. The van der Waals surface area contributed by atoms with E-state index in [9.17, 15) is 8.42 Å². The third kappa shape index (κ3) is 4.50.